The molecule has 2 rings (SSSR count). The largest absolute Gasteiger partial charge is 0.494 e. The van der Waals surface area contributed by atoms with Gasteiger partial charge in [-0.2, -0.15) is 0 Å². The molecular weight excluding hydrogens is 338 g/mol. The van der Waals surface area contributed by atoms with Crippen LogP contribution in [-0.2, 0) is 19.7 Å². The zero-order chi connectivity index (χ0) is 17.3. The van der Waals surface area contributed by atoms with Gasteiger partial charge in [0.15, 0.2) is 19.7 Å². The molecule has 0 bridgehead atoms. The van der Waals surface area contributed by atoms with Crippen molar-refractivity contribution < 1.29 is 21.6 Å². The minimum Gasteiger partial charge on any atom is -0.494 e. The number of benzene rings is 1. The first-order chi connectivity index (χ1) is 10.7. The molecule has 1 N–H and O–H groups in total. The van der Waals surface area contributed by atoms with E-state index >= 15 is 0 Å². The van der Waals surface area contributed by atoms with E-state index in [2.05, 4.69) is 5.32 Å². The highest BCUT2D eigenvalue weighted by atomic mass is 32.2. The normalized spacial score (nSPS) is 24.0. The van der Waals surface area contributed by atoms with Gasteiger partial charge in [-0.15, -0.1) is 0 Å². The second kappa shape index (κ2) is 6.78. The molecule has 0 aromatic heterocycles. The van der Waals surface area contributed by atoms with Gasteiger partial charge < -0.3 is 10.1 Å². The molecule has 0 radical (unpaired) electrons. The highest BCUT2D eigenvalue weighted by Crippen LogP contribution is 2.27. The smallest absolute Gasteiger partial charge is 0.183 e. The summed E-state index contributed by atoms with van der Waals surface area (Å²) in [6.07, 6.45) is 0. The lowest BCUT2D eigenvalue weighted by Crippen LogP contribution is -2.46. The van der Waals surface area contributed by atoms with Gasteiger partial charge in [0.1, 0.15) is 5.75 Å². The molecule has 0 unspecified atom stereocenters. The van der Waals surface area contributed by atoms with Crippen molar-refractivity contribution in [2.75, 3.05) is 18.1 Å². The molecule has 1 fully saturated rings. The molecule has 130 valence electrons. The molecular formula is C15H23NO5S2. The topological polar surface area (TPSA) is 89.5 Å². The van der Waals surface area contributed by atoms with Crippen molar-refractivity contribution in [3.63, 3.8) is 0 Å². The standard InChI is InChI=1S/C15H23NO5S2/c1-4-21-12-5-7-13(8-6-12)23(19,20)15-10-22(17,18)9-14(15)16-11(2)3/h5-8,11,14-16H,4,9-10H2,1-3H3/t14-,15-/m1/s1. The van der Waals surface area contributed by atoms with Crippen molar-refractivity contribution in [2.45, 2.75) is 43.0 Å². The van der Waals surface area contributed by atoms with Gasteiger partial charge in [0.05, 0.1) is 28.3 Å². The van der Waals surface area contributed by atoms with Crippen LogP contribution in [0.15, 0.2) is 29.2 Å². The molecule has 1 aromatic rings. The Labute approximate surface area is 138 Å². The van der Waals surface area contributed by atoms with Crippen LogP contribution >= 0.6 is 0 Å². The lowest BCUT2D eigenvalue weighted by Gasteiger charge is -2.22. The Kier molecular flexibility index (Phi) is 5.37. The zero-order valence-corrected chi connectivity index (χ0v) is 15.2. The van der Waals surface area contributed by atoms with E-state index in [0.29, 0.717) is 12.4 Å². The Morgan fingerprint density at radius 1 is 1.22 bits per heavy atom. The number of rotatable bonds is 6. The Morgan fingerprint density at radius 3 is 2.35 bits per heavy atom. The number of ether oxygens (including phenoxy) is 1. The maximum absolute atomic E-state index is 12.8. The first-order valence-corrected chi connectivity index (χ1v) is 11.0. The van der Waals surface area contributed by atoms with E-state index in [1.54, 1.807) is 12.1 Å². The fourth-order valence-corrected chi connectivity index (χ4v) is 7.45. The number of hydrogen-bond donors (Lipinski definition) is 1. The minimum absolute atomic E-state index is 0.00586. The monoisotopic (exact) mass is 361 g/mol. The van der Waals surface area contributed by atoms with Crippen LogP contribution in [0.1, 0.15) is 20.8 Å². The van der Waals surface area contributed by atoms with Crippen molar-refractivity contribution in [3.8, 4) is 5.75 Å². The average molecular weight is 361 g/mol. The lowest BCUT2D eigenvalue weighted by atomic mass is 10.2. The summed E-state index contributed by atoms with van der Waals surface area (Å²) in [5.74, 6) is 0.0984. The van der Waals surface area contributed by atoms with Gasteiger partial charge in [0.25, 0.3) is 0 Å². The van der Waals surface area contributed by atoms with Crippen LogP contribution in [-0.4, -0.2) is 52.3 Å². The fraction of sp³-hybridized carbons (Fsp3) is 0.600. The van der Waals surface area contributed by atoms with Crippen molar-refractivity contribution >= 4 is 19.7 Å². The van der Waals surface area contributed by atoms with Gasteiger partial charge in [0, 0.05) is 12.1 Å². The molecule has 23 heavy (non-hydrogen) atoms. The van der Waals surface area contributed by atoms with Gasteiger partial charge in [-0.25, -0.2) is 16.8 Å². The molecule has 0 spiro atoms. The number of hydrogen-bond acceptors (Lipinski definition) is 6. The van der Waals surface area contributed by atoms with E-state index < -0.39 is 31.0 Å². The second-order valence-corrected chi connectivity index (χ2v) is 10.3. The lowest BCUT2D eigenvalue weighted by molar-refractivity contribution is 0.340. The van der Waals surface area contributed by atoms with Gasteiger partial charge in [-0.05, 0) is 31.2 Å². The van der Waals surface area contributed by atoms with Crippen LogP contribution in [0.25, 0.3) is 0 Å². The van der Waals surface area contributed by atoms with Crippen molar-refractivity contribution in [2.24, 2.45) is 0 Å². The first-order valence-electron chi connectivity index (χ1n) is 7.59. The van der Waals surface area contributed by atoms with Gasteiger partial charge in [0.2, 0.25) is 0 Å². The summed E-state index contributed by atoms with van der Waals surface area (Å²) in [6.45, 7) is 6.07. The summed E-state index contributed by atoms with van der Waals surface area (Å²) in [5.41, 5.74) is 0. The van der Waals surface area contributed by atoms with Crippen LogP contribution in [0.2, 0.25) is 0 Å². The Hall–Kier alpha value is -1.12. The van der Waals surface area contributed by atoms with E-state index in [1.165, 1.54) is 12.1 Å². The quantitative estimate of drug-likeness (QED) is 0.814. The SMILES string of the molecule is CCOc1ccc(S(=O)(=O)[C@@H]2CS(=O)(=O)C[C@H]2NC(C)C)cc1. The van der Waals surface area contributed by atoms with Crippen LogP contribution in [0.3, 0.4) is 0 Å². The van der Waals surface area contributed by atoms with Crippen molar-refractivity contribution in [1.82, 2.24) is 5.32 Å². The molecule has 6 nitrogen and oxygen atoms in total. The number of sulfone groups is 2. The molecule has 8 heteroatoms. The molecule has 0 amide bonds. The molecule has 1 aliphatic rings. The van der Waals surface area contributed by atoms with Gasteiger partial charge in [-0.3, -0.25) is 0 Å². The van der Waals surface area contributed by atoms with E-state index in [9.17, 15) is 16.8 Å². The Balaban J connectivity index is 2.32. The summed E-state index contributed by atoms with van der Waals surface area (Å²) in [6, 6.07) is 5.54. The summed E-state index contributed by atoms with van der Waals surface area (Å²) >= 11 is 0. The predicted octanol–water partition coefficient (Wildman–Crippen LogP) is 1.02. The number of nitrogens with one attached hydrogen (secondary N) is 1. The molecule has 0 saturated carbocycles. The minimum atomic E-state index is -3.73. The summed E-state index contributed by atoms with van der Waals surface area (Å²) in [5, 5.41) is 2.11. The maximum Gasteiger partial charge on any atom is 0.183 e. The molecule has 2 atom stereocenters. The van der Waals surface area contributed by atoms with E-state index in [4.69, 9.17) is 4.74 Å². The summed E-state index contributed by atoms with van der Waals surface area (Å²) in [7, 11) is -7.10. The third kappa shape index (κ3) is 4.24. The van der Waals surface area contributed by atoms with Gasteiger partial charge in [-0.1, -0.05) is 13.8 Å². The second-order valence-electron chi connectivity index (χ2n) is 5.99. The average Bonchev–Trinajstić information content (AvgIpc) is 2.74. The molecule has 0 aliphatic carbocycles. The summed E-state index contributed by atoms with van der Waals surface area (Å²) in [4.78, 5) is 0.124. The highest BCUT2D eigenvalue weighted by molar-refractivity contribution is 7.96. The fourth-order valence-electron chi connectivity index (χ4n) is 2.77. The van der Waals surface area contributed by atoms with Crippen molar-refractivity contribution in [3.05, 3.63) is 24.3 Å². The van der Waals surface area contributed by atoms with E-state index in [0.717, 1.165) is 0 Å². The third-order valence-corrected chi connectivity index (χ3v) is 7.88. The Bertz CT molecular complexity index is 739. The Morgan fingerprint density at radius 2 is 1.83 bits per heavy atom. The molecule has 1 aromatic carbocycles. The predicted molar refractivity (Wildman–Crippen MR) is 89.3 cm³/mol. The van der Waals surface area contributed by atoms with E-state index in [-0.39, 0.29) is 22.4 Å². The van der Waals surface area contributed by atoms with Gasteiger partial charge >= 0.3 is 0 Å². The zero-order valence-electron chi connectivity index (χ0n) is 13.5. The maximum atomic E-state index is 12.8. The molecule has 1 saturated heterocycles. The molecule has 1 aliphatic heterocycles. The van der Waals surface area contributed by atoms with E-state index in [1.807, 2.05) is 20.8 Å². The highest BCUT2D eigenvalue weighted by Gasteiger charge is 2.45. The summed E-state index contributed by atoms with van der Waals surface area (Å²) < 4.78 is 54.8. The van der Waals surface area contributed by atoms with Crippen LogP contribution in [0.4, 0.5) is 0 Å². The van der Waals surface area contributed by atoms with Crippen molar-refractivity contribution in [1.29, 1.82) is 0 Å². The first kappa shape index (κ1) is 18.2. The van der Waals surface area contributed by atoms with Crippen LogP contribution in [0.5, 0.6) is 5.75 Å². The molecule has 1 heterocycles. The van der Waals surface area contributed by atoms with Crippen LogP contribution < -0.4 is 10.1 Å². The van der Waals surface area contributed by atoms with Crippen LogP contribution in [0, 0.1) is 0 Å². The third-order valence-electron chi connectivity index (χ3n) is 3.71.